The van der Waals surface area contributed by atoms with Gasteiger partial charge < -0.3 is 10.2 Å². The van der Waals surface area contributed by atoms with Gasteiger partial charge >= 0.3 is 0 Å². The van der Waals surface area contributed by atoms with E-state index in [4.69, 9.17) is 0 Å². The number of aromatic nitrogens is 2. The maximum atomic E-state index is 11.8. The van der Waals surface area contributed by atoms with Crippen molar-refractivity contribution in [2.75, 3.05) is 27.2 Å². The lowest BCUT2D eigenvalue weighted by Gasteiger charge is -2.22. The third-order valence-corrected chi connectivity index (χ3v) is 3.25. The second-order valence-corrected chi connectivity index (χ2v) is 5.01. The second kappa shape index (κ2) is 5.91. The van der Waals surface area contributed by atoms with Gasteiger partial charge in [0.15, 0.2) is 0 Å². The third-order valence-electron chi connectivity index (χ3n) is 3.25. The van der Waals surface area contributed by atoms with Gasteiger partial charge in [0.25, 0.3) is 5.91 Å². The minimum atomic E-state index is -0.0691. The lowest BCUT2D eigenvalue weighted by atomic mass is 9.94. The summed E-state index contributed by atoms with van der Waals surface area (Å²) in [6.07, 6.45) is 4.86. The zero-order chi connectivity index (χ0) is 13.0. The molecule has 1 amide bonds. The highest BCUT2D eigenvalue weighted by atomic mass is 16.2. The highest BCUT2D eigenvalue weighted by molar-refractivity contribution is 5.91. The molecule has 0 bridgehead atoms. The molecule has 1 N–H and O–H groups in total. The molecule has 1 fully saturated rings. The van der Waals surface area contributed by atoms with Crippen molar-refractivity contribution in [2.45, 2.75) is 19.3 Å². The maximum Gasteiger partial charge on any atom is 0.272 e. The predicted octanol–water partition coefficient (Wildman–Crippen LogP) is 0.720. The summed E-state index contributed by atoms with van der Waals surface area (Å²) in [6, 6.07) is 1.82. The Morgan fingerprint density at radius 1 is 1.50 bits per heavy atom. The van der Waals surface area contributed by atoms with Gasteiger partial charge in [-0.2, -0.15) is 0 Å². The Morgan fingerprint density at radius 3 is 3.00 bits per heavy atom. The number of nitrogens with one attached hydrogen (secondary N) is 1. The van der Waals surface area contributed by atoms with Crippen LogP contribution in [0, 0.1) is 5.92 Å². The van der Waals surface area contributed by atoms with Gasteiger partial charge in [0.05, 0.1) is 0 Å². The largest absolute Gasteiger partial charge is 0.343 e. The van der Waals surface area contributed by atoms with Gasteiger partial charge in [-0.25, -0.2) is 9.97 Å². The van der Waals surface area contributed by atoms with Crippen LogP contribution in [0.25, 0.3) is 0 Å². The van der Waals surface area contributed by atoms with Crippen LogP contribution in [0.4, 0.5) is 0 Å². The molecule has 1 saturated heterocycles. The Morgan fingerprint density at radius 2 is 2.33 bits per heavy atom. The summed E-state index contributed by atoms with van der Waals surface area (Å²) in [5.41, 5.74) is 1.44. The number of amides is 1. The molecule has 1 aromatic heterocycles. The van der Waals surface area contributed by atoms with Crippen LogP contribution in [-0.4, -0.2) is 48.0 Å². The average molecular weight is 248 g/mol. The predicted molar refractivity (Wildman–Crippen MR) is 69.3 cm³/mol. The van der Waals surface area contributed by atoms with Crippen molar-refractivity contribution in [2.24, 2.45) is 5.92 Å². The Hall–Kier alpha value is -1.49. The fourth-order valence-corrected chi connectivity index (χ4v) is 2.25. The molecule has 0 aliphatic carbocycles. The third kappa shape index (κ3) is 3.26. The number of carbonyl (C=O) groups excluding carboxylic acids is 1. The van der Waals surface area contributed by atoms with Crippen LogP contribution in [0.5, 0.6) is 0 Å². The molecule has 0 radical (unpaired) electrons. The Kier molecular flexibility index (Phi) is 4.25. The van der Waals surface area contributed by atoms with Gasteiger partial charge in [-0.3, -0.25) is 4.79 Å². The van der Waals surface area contributed by atoms with E-state index in [1.807, 2.05) is 6.07 Å². The molecule has 5 heteroatoms. The quantitative estimate of drug-likeness (QED) is 0.856. The minimum absolute atomic E-state index is 0.0691. The smallest absolute Gasteiger partial charge is 0.272 e. The van der Waals surface area contributed by atoms with Crippen molar-refractivity contribution < 1.29 is 4.79 Å². The first-order chi connectivity index (χ1) is 8.66. The zero-order valence-corrected chi connectivity index (χ0v) is 11.0. The van der Waals surface area contributed by atoms with Crippen LogP contribution in [-0.2, 0) is 6.42 Å². The number of rotatable bonds is 3. The summed E-state index contributed by atoms with van der Waals surface area (Å²) in [5, 5.41) is 3.39. The van der Waals surface area contributed by atoms with E-state index in [0.29, 0.717) is 11.6 Å². The first kappa shape index (κ1) is 13.0. The van der Waals surface area contributed by atoms with E-state index in [0.717, 1.165) is 25.2 Å². The maximum absolute atomic E-state index is 11.8. The lowest BCUT2D eigenvalue weighted by molar-refractivity contribution is 0.0821. The summed E-state index contributed by atoms with van der Waals surface area (Å²) < 4.78 is 0. The molecule has 2 rings (SSSR count). The summed E-state index contributed by atoms with van der Waals surface area (Å²) in [4.78, 5) is 21.6. The Balaban J connectivity index is 2.04. The van der Waals surface area contributed by atoms with Crippen LogP contribution in [0.1, 0.15) is 29.0 Å². The molecule has 1 atom stereocenters. The van der Waals surface area contributed by atoms with Gasteiger partial charge in [-0.05, 0) is 44.3 Å². The molecule has 5 nitrogen and oxygen atoms in total. The Bertz CT molecular complexity index is 413. The minimum Gasteiger partial charge on any atom is -0.343 e. The SMILES string of the molecule is CN(C)C(=O)c1cc(CC2CCCNC2)ncn1. The molecule has 1 aliphatic rings. The van der Waals surface area contributed by atoms with Crippen LogP contribution in [0.3, 0.4) is 0 Å². The summed E-state index contributed by atoms with van der Waals surface area (Å²) in [7, 11) is 3.46. The first-order valence-electron chi connectivity index (χ1n) is 6.40. The molecule has 18 heavy (non-hydrogen) atoms. The van der Waals surface area contributed by atoms with Crippen LogP contribution in [0.2, 0.25) is 0 Å². The second-order valence-electron chi connectivity index (χ2n) is 5.01. The van der Waals surface area contributed by atoms with E-state index in [-0.39, 0.29) is 5.91 Å². The molecular formula is C13H20N4O. The molecule has 1 aromatic rings. The standard InChI is InChI=1S/C13H20N4O/c1-17(2)13(18)12-7-11(15-9-16-12)6-10-4-3-5-14-8-10/h7,9-10,14H,3-6,8H2,1-2H3. The van der Waals surface area contributed by atoms with Crippen molar-refractivity contribution in [3.05, 3.63) is 23.8 Å². The molecule has 0 aromatic carbocycles. The monoisotopic (exact) mass is 248 g/mol. The summed E-state index contributed by atoms with van der Waals surface area (Å²) in [6.45, 7) is 2.16. The van der Waals surface area contributed by atoms with Crippen molar-refractivity contribution >= 4 is 5.91 Å². The molecular weight excluding hydrogens is 228 g/mol. The Labute approximate surface area is 108 Å². The van der Waals surface area contributed by atoms with E-state index in [1.54, 1.807) is 14.1 Å². The van der Waals surface area contributed by atoms with E-state index in [1.165, 1.54) is 24.1 Å². The van der Waals surface area contributed by atoms with Crippen molar-refractivity contribution in [1.82, 2.24) is 20.2 Å². The lowest BCUT2D eigenvalue weighted by Crippen LogP contribution is -2.31. The normalized spacial score (nSPS) is 19.6. The summed E-state index contributed by atoms with van der Waals surface area (Å²) in [5.74, 6) is 0.552. The van der Waals surface area contributed by atoms with Crippen LogP contribution >= 0.6 is 0 Å². The highest BCUT2D eigenvalue weighted by Crippen LogP contribution is 2.15. The molecule has 0 saturated carbocycles. The number of carbonyl (C=O) groups is 1. The topological polar surface area (TPSA) is 58.1 Å². The zero-order valence-electron chi connectivity index (χ0n) is 11.0. The van der Waals surface area contributed by atoms with Gasteiger partial charge in [0, 0.05) is 19.8 Å². The van der Waals surface area contributed by atoms with Crippen LogP contribution in [0.15, 0.2) is 12.4 Å². The number of piperidine rings is 1. The van der Waals surface area contributed by atoms with Gasteiger partial charge in [0.2, 0.25) is 0 Å². The van der Waals surface area contributed by atoms with Crippen LogP contribution < -0.4 is 5.32 Å². The number of nitrogens with zero attached hydrogens (tertiary/aromatic N) is 3. The molecule has 1 unspecified atom stereocenters. The highest BCUT2D eigenvalue weighted by Gasteiger charge is 2.16. The van der Waals surface area contributed by atoms with E-state index in [9.17, 15) is 4.79 Å². The molecule has 1 aliphatic heterocycles. The van der Waals surface area contributed by atoms with Gasteiger partial charge in [0.1, 0.15) is 12.0 Å². The van der Waals surface area contributed by atoms with Crippen molar-refractivity contribution in [3.63, 3.8) is 0 Å². The molecule has 0 spiro atoms. The fraction of sp³-hybridized carbons (Fsp3) is 0.615. The van der Waals surface area contributed by atoms with Crippen molar-refractivity contribution in [1.29, 1.82) is 0 Å². The van der Waals surface area contributed by atoms with Gasteiger partial charge in [-0.15, -0.1) is 0 Å². The number of hydrogen-bond donors (Lipinski definition) is 1. The first-order valence-corrected chi connectivity index (χ1v) is 6.40. The van der Waals surface area contributed by atoms with Crippen molar-refractivity contribution in [3.8, 4) is 0 Å². The van der Waals surface area contributed by atoms with E-state index in [2.05, 4.69) is 15.3 Å². The van der Waals surface area contributed by atoms with E-state index >= 15 is 0 Å². The average Bonchev–Trinajstić information content (AvgIpc) is 2.39. The summed E-state index contributed by atoms with van der Waals surface area (Å²) >= 11 is 0. The number of hydrogen-bond acceptors (Lipinski definition) is 4. The fourth-order valence-electron chi connectivity index (χ4n) is 2.25. The molecule has 2 heterocycles. The van der Waals surface area contributed by atoms with E-state index < -0.39 is 0 Å². The molecule has 98 valence electrons. The van der Waals surface area contributed by atoms with Gasteiger partial charge in [-0.1, -0.05) is 0 Å².